The van der Waals surface area contributed by atoms with Gasteiger partial charge in [0.2, 0.25) is 0 Å². The lowest BCUT2D eigenvalue weighted by Gasteiger charge is -2.42. The second-order valence-corrected chi connectivity index (χ2v) is 7.79. The fourth-order valence-electron chi connectivity index (χ4n) is 3.94. The Kier molecular flexibility index (Phi) is 4.59. The van der Waals surface area contributed by atoms with Crippen LogP contribution in [0.3, 0.4) is 0 Å². The van der Waals surface area contributed by atoms with Gasteiger partial charge in [0, 0.05) is 18.6 Å². The molecule has 2 rings (SSSR count). The predicted molar refractivity (Wildman–Crippen MR) is 77.8 cm³/mol. The van der Waals surface area contributed by atoms with Crippen LogP contribution in [0.1, 0.15) is 52.9 Å². The highest BCUT2D eigenvalue weighted by molar-refractivity contribution is 4.95. The van der Waals surface area contributed by atoms with Crippen molar-refractivity contribution in [3.8, 4) is 0 Å². The van der Waals surface area contributed by atoms with Crippen molar-refractivity contribution in [1.82, 2.24) is 0 Å². The van der Waals surface area contributed by atoms with Crippen molar-refractivity contribution >= 4 is 0 Å². The Morgan fingerprint density at radius 1 is 1.26 bits per heavy atom. The highest BCUT2D eigenvalue weighted by atomic mass is 16.5. The second-order valence-electron chi connectivity index (χ2n) is 7.79. The molecule has 3 heteroatoms. The van der Waals surface area contributed by atoms with Crippen molar-refractivity contribution in [3.05, 3.63) is 0 Å². The topological polar surface area (TPSA) is 55.5 Å². The van der Waals surface area contributed by atoms with Crippen molar-refractivity contribution < 1.29 is 9.84 Å². The van der Waals surface area contributed by atoms with Gasteiger partial charge in [-0.2, -0.15) is 0 Å². The van der Waals surface area contributed by atoms with Gasteiger partial charge in [0.25, 0.3) is 0 Å². The van der Waals surface area contributed by atoms with E-state index in [-0.39, 0.29) is 11.5 Å². The molecular weight excluding hydrogens is 238 g/mol. The third-order valence-corrected chi connectivity index (χ3v) is 5.61. The van der Waals surface area contributed by atoms with Gasteiger partial charge in [0.15, 0.2) is 0 Å². The van der Waals surface area contributed by atoms with E-state index >= 15 is 0 Å². The summed E-state index contributed by atoms with van der Waals surface area (Å²) < 4.78 is 5.50. The summed E-state index contributed by atoms with van der Waals surface area (Å²) in [5.41, 5.74) is 6.17. The van der Waals surface area contributed by atoms with E-state index in [0.29, 0.717) is 24.5 Å². The molecule has 0 amide bonds. The molecule has 0 radical (unpaired) electrons. The molecule has 0 bridgehead atoms. The molecule has 0 spiro atoms. The summed E-state index contributed by atoms with van der Waals surface area (Å²) in [5.74, 6) is 1.22. The standard InChI is InChI=1S/C16H31NO2/c1-15(2,3)13-6-4-12(5-7-13)14(18)16(10-17)8-9-19-11-16/h12-14,18H,4-11,17H2,1-3H3. The molecule has 3 N–H and O–H groups in total. The van der Waals surface area contributed by atoms with Crippen LogP contribution in [0.25, 0.3) is 0 Å². The lowest BCUT2D eigenvalue weighted by molar-refractivity contribution is -0.0400. The molecule has 2 unspecified atom stereocenters. The van der Waals surface area contributed by atoms with Crippen LogP contribution in [0.4, 0.5) is 0 Å². The molecule has 1 aliphatic heterocycles. The van der Waals surface area contributed by atoms with Crippen LogP contribution in [-0.2, 0) is 4.74 Å². The van der Waals surface area contributed by atoms with E-state index in [9.17, 15) is 5.11 Å². The first-order valence-corrected chi connectivity index (χ1v) is 7.85. The molecule has 19 heavy (non-hydrogen) atoms. The van der Waals surface area contributed by atoms with Crippen LogP contribution in [0.2, 0.25) is 0 Å². The van der Waals surface area contributed by atoms with Gasteiger partial charge < -0.3 is 15.6 Å². The molecule has 1 saturated carbocycles. The molecular formula is C16H31NO2. The highest BCUT2D eigenvalue weighted by Crippen LogP contribution is 2.44. The van der Waals surface area contributed by atoms with Crippen molar-refractivity contribution in [2.75, 3.05) is 19.8 Å². The van der Waals surface area contributed by atoms with Gasteiger partial charge in [0.1, 0.15) is 0 Å². The van der Waals surface area contributed by atoms with E-state index in [2.05, 4.69) is 20.8 Å². The normalized spacial score (nSPS) is 38.4. The fraction of sp³-hybridized carbons (Fsp3) is 1.00. The molecule has 2 atom stereocenters. The summed E-state index contributed by atoms with van der Waals surface area (Å²) in [6.07, 6.45) is 5.42. The predicted octanol–water partition coefficient (Wildman–Crippen LogP) is 2.57. The average molecular weight is 269 g/mol. The Hall–Kier alpha value is -0.120. The van der Waals surface area contributed by atoms with Gasteiger partial charge in [-0.05, 0) is 49.4 Å². The van der Waals surface area contributed by atoms with Crippen LogP contribution in [0.15, 0.2) is 0 Å². The fourth-order valence-corrected chi connectivity index (χ4v) is 3.94. The number of hydrogen-bond donors (Lipinski definition) is 2. The molecule has 2 aliphatic rings. The van der Waals surface area contributed by atoms with Crippen molar-refractivity contribution in [2.45, 2.75) is 59.0 Å². The summed E-state index contributed by atoms with van der Waals surface area (Å²) in [4.78, 5) is 0. The minimum absolute atomic E-state index is 0.167. The molecule has 0 aromatic rings. The molecule has 112 valence electrons. The largest absolute Gasteiger partial charge is 0.392 e. The maximum Gasteiger partial charge on any atom is 0.0659 e. The Morgan fingerprint density at radius 2 is 1.89 bits per heavy atom. The number of ether oxygens (including phenoxy) is 1. The molecule has 0 aromatic carbocycles. The van der Waals surface area contributed by atoms with Crippen molar-refractivity contribution in [3.63, 3.8) is 0 Å². The summed E-state index contributed by atoms with van der Waals surface area (Å²) in [6.45, 7) is 8.95. The molecule has 2 fully saturated rings. The summed E-state index contributed by atoms with van der Waals surface area (Å²) in [6, 6.07) is 0. The summed E-state index contributed by atoms with van der Waals surface area (Å²) >= 11 is 0. The van der Waals surface area contributed by atoms with Crippen LogP contribution in [0.5, 0.6) is 0 Å². The number of aliphatic hydroxyl groups excluding tert-OH is 1. The van der Waals surface area contributed by atoms with E-state index in [0.717, 1.165) is 31.8 Å². The Morgan fingerprint density at radius 3 is 2.32 bits per heavy atom. The van der Waals surface area contributed by atoms with Gasteiger partial charge in [-0.3, -0.25) is 0 Å². The van der Waals surface area contributed by atoms with Gasteiger partial charge in [-0.1, -0.05) is 20.8 Å². The third kappa shape index (κ3) is 3.14. The third-order valence-electron chi connectivity index (χ3n) is 5.61. The SMILES string of the molecule is CC(C)(C)C1CCC(C(O)C2(CN)CCOC2)CC1. The number of hydrogen-bond acceptors (Lipinski definition) is 3. The van der Waals surface area contributed by atoms with Crippen molar-refractivity contribution in [1.29, 1.82) is 0 Å². The zero-order valence-corrected chi connectivity index (χ0v) is 12.8. The van der Waals surface area contributed by atoms with E-state index in [4.69, 9.17) is 10.5 Å². The van der Waals surface area contributed by atoms with E-state index < -0.39 is 0 Å². The molecule has 1 aliphatic carbocycles. The summed E-state index contributed by atoms with van der Waals surface area (Å²) in [5, 5.41) is 10.8. The average Bonchev–Trinajstić information content (AvgIpc) is 2.87. The molecule has 1 heterocycles. The Bertz CT molecular complexity index is 284. The number of nitrogens with two attached hydrogens (primary N) is 1. The quantitative estimate of drug-likeness (QED) is 0.828. The van der Waals surface area contributed by atoms with Crippen molar-refractivity contribution in [2.24, 2.45) is 28.4 Å². The van der Waals surface area contributed by atoms with E-state index in [1.807, 2.05) is 0 Å². The first-order valence-electron chi connectivity index (χ1n) is 7.85. The maximum atomic E-state index is 10.8. The minimum Gasteiger partial charge on any atom is -0.392 e. The Balaban J connectivity index is 1.94. The van der Waals surface area contributed by atoms with Gasteiger partial charge in [-0.25, -0.2) is 0 Å². The van der Waals surface area contributed by atoms with Gasteiger partial charge in [0.05, 0.1) is 12.7 Å². The first kappa shape index (κ1) is 15.3. The zero-order chi connectivity index (χ0) is 14.1. The Labute approximate surface area is 117 Å². The van der Waals surface area contributed by atoms with Crippen LogP contribution < -0.4 is 5.73 Å². The second kappa shape index (κ2) is 5.71. The van der Waals surface area contributed by atoms with Crippen LogP contribution in [-0.4, -0.2) is 31.0 Å². The maximum absolute atomic E-state index is 10.8. The van der Waals surface area contributed by atoms with E-state index in [1.54, 1.807) is 0 Å². The lowest BCUT2D eigenvalue weighted by Crippen LogP contribution is -2.47. The van der Waals surface area contributed by atoms with Crippen LogP contribution in [0, 0.1) is 22.7 Å². The van der Waals surface area contributed by atoms with E-state index in [1.165, 1.54) is 12.8 Å². The lowest BCUT2D eigenvalue weighted by atomic mass is 9.65. The minimum atomic E-state index is -0.277. The molecule has 3 nitrogen and oxygen atoms in total. The number of aliphatic hydroxyl groups is 1. The summed E-state index contributed by atoms with van der Waals surface area (Å²) in [7, 11) is 0. The number of rotatable bonds is 3. The molecule has 1 saturated heterocycles. The first-order chi connectivity index (χ1) is 8.89. The van der Waals surface area contributed by atoms with Gasteiger partial charge in [-0.15, -0.1) is 0 Å². The smallest absolute Gasteiger partial charge is 0.0659 e. The van der Waals surface area contributed by atoms with Crippen LogP contribution >= 0.6 is 0 Å². The molecule has 0 aromatic heterocycles. The zero-order valence-electron chi connectivity index (χ0n) is 12.8. The monoisotopic (exact) mass is 269 g/mol. The van der Waals surface area contributed by atoms with Gasteiger partial charge >= 0.3 is 0 Å². The highest BCUT2D eigenvalue weighted by Gasteiger charge is 2.45.